The van der Waals surface area contributed by atoms with Gasteiger partial charge in [0, 0.05) is 6.54 Å². The number of hydrogen-bond donors (Lipinski definition) is 2. The maximum absolute atomic E-state index is 12.4. The summed E-state index contributed by atoms with van der Waals surface area (Å²) in [5, 5.41) is 3.33. The van der Waals surface area contributed by atoms with Crippen molar-refractivity contribution in [1.29, 1.82) is 0 Å². The number of methoxy groups -OCH3 is 1. The van der Waals surface area contributed by atoms with E-state index in [1.165, 1.54) is 50.5 Å². The lowest BCUT2D eigenvalue weighted by atomic mass is 9.97. The number of nitrogens with one attached hydrogen (secondary N) is 2. The highest BCUT2D eigenvalue weighted by molar-refractivity contribution is 7.92. The van der Waals surface area contributed by atoms with Crippen LogP contribution in [0.1, 0.15) is 32.1 Å². The molecule has 0 atom stereocenters. The Kier molecular flexibility index (Phi) is 6.34. The minimum Gasteiger partial charge on any atom is -0.497 e. The third-order valence-corrected chi connectivity index (χ3v) is 5.90. The van der Waals surface area contributed by atoms with E-state index in [-0.39, 0.29) is 10.7 Å². The number of rotatable bonds is 8. The number of anilines is 2. The van der Waals surface area contributed by atoms with Crippen molar-refractivity contribution in [2.75, 3.05) is 23.7 Å². The van der Waals surface area contributed by atoms with Crippen molar-refractivity contribution in [3.05, 3.63) is 54.2 Å². The number of aromatic nitrogens is 1. The van der Waals surface area contributed by atoms with Crippen molar-refractivity contribution in [1.82, 2.24) is 4.98 Å². The molecule has 0 amide bonds. The lowest BCUT2D eigenvalue weighted by Gasteiger charge is -2.13. The summed E-state index contributed by atoms with van der Waals surface area (Å²) in [5.41, 5.74) is 2.39. The van der Waals surface area contributed by atoms with Gasteiger partial charge in [0.2, 0.25) is 0 Å². The molecular formula is C20H25N3O3S. The zero-order valence-electron chi connectivity index (χ0n) is 15.4. The Labute approximate surface area is 160 Å². The number of pyridine rings is 1. The molecule has 0 unspecified atom stereocenters. The normalized spacial score (nSPS) is 14.3. The van der Waals surface area contributed by atoms with E-state index < -0.39 is 10.0 Å². The second kappa shape index (κ2) is 8.90. The van der Waals surface area contributed by atoms with Gasteiger partial charge in [-0.2, -0.15) is 0 Å². The number of allylic oxidation sites excluding steroid dienone is 1. The number of ether oxygens (including phenoxy) is 1. The fourth-order valence-electron chi connectivity index (χ4n) is 3.01. The summed E-state index contributed by atoms with van der Waals surface area (Å²) in [7, 11) is -2.14. The SMILES string of the molecule is COc1ccc(S(=O)(=O)Nc2ccc(NCCC3=CCCCC3)cn2)cc1. The second-order valence-corrected chi connectivity index (χ2v) is 8.18. The molecule has 6 nitrogen and oxygen atoms in total. The zero-order chi connectivity index (χ0) is 19.1. The third-order valence-electron chi connectivity index (χ3n) is 4.53. The van der Waals surface area contributed by atoms with Crippen molar-refractivity contribution < 1.29 is 13.2 Å². The van der Waals surface area contributed by atoms with Crippen molar-refractivity contribution in [2.24, 2.45) is 0 Å². The Morgan fingerprint density at radius 3 is 2.56 bits per heavy atom. The first-order valence-electron chi connectivity index (χ1n) is 9.11. The molecule has 0 bridgehead atoms. The van der Waals surface area contributed by atoms with Crippen LogP contribution in [0.5, 0.6) is 5.75 Å². The molecule has 2 aromatic rings. The van der Waals surface area contributed by atoms with Crippen LogP contribution in [0.25, 0.3) is 0 Å². The van der Waals surface area contributed by atoms with Gasteiger partial charge in [-0.15, -0.1) is 0 Å². The summed E-state index contributed by atoms with van der Waals surface area (Å²) in [6, 6.07) is 9.69. The molecule has 27 heavy (non-hydrogen) atoms. The van der Waals surface area contributed by atoms with Crippen LogP contribution in [-0.4, -0.2) is 27.1 Å². The molecule has 0 aliphatic heterocycles. The molecule has 1 aromatic carbocycles. The lowest BCUT2D eigenvalue weighted by Crippen LogP contribution is -2.14. The number of sulfonamides is 1. The van der Waals surface area contributed by atoms with Crippen molar-refractivity contribution >= 4 is 21.5 Å². The number of benzene rings is 1. The summed E-state index contributed by atoms with van der Waals surface area (Å²) >= 11 is 0. The second-order valence-electron chi connectivity index (χ2n) is 6.50. The monoisotopic (exact) mass is 387 g/mol. The Morgan fingerprint density at radius 2 is 1.93 bits per heavy atom. The Morgan fingerprint density at radius 1 is 1.11 bits per heavy atom. The minimum atomic E-state index is -3.68. The average Bonchev–Trinajstić information content (AvgIpc) is 2.70. The summed E-state index contributed by atoms with van der Waals surface area (Å²) in [5.74, 6) is 0.887. The molecule has 3 rings (SSSR count). The largest absolute Gasteiger partial charge is 0.497 e. The maximum Gasteiger partial charge on any atom is 0.263 e. The molecule has 1 aromatic heterocycles. The van der Waals surface area contributed by atoms with Crippen LogP contribution in [0.3, 0.4) is 0 Å². The van der Waals surface area contributed by atoms with E-state index in [9.17, 15) is 8.42 Å². The molecule has 144 valence electrons. The highest BCUT2D eigenvalue weighted by Gasteiger charge is 2.14. The van der Waals surface area contributed by atoms with E-state index in [0.29, 0.717) is 5.75 Å². The molecule has 1 aliphatic rings. The van der Waals surface area contributed by atoms with Crippen molar-refractivity contribution in [3.63, 3.8) is 0 Å². The predicted molar refractivity (Wildman–Crippen MR) is 108 cm³/mol. The van der Waals surface area contributed by atoms with Crippen molar-refractivity contribution in [3.8, 4) is 5.75 Å². The topological polar surface area (TPSA) is 80.3 Å². The van der Waals surface area contributed by atoms with Crippen LogP contribution in [0.2, 0.25) is 0 Å². The zero-order valence-corrected chi connectivity index (χ0v) is 16.3. The van der Waals surface area contributed by atoms with Gasteiger partial charge in [0.15, 0.2) is 0 Å². The van der Waals surface area contributed by atoms with E-state index in [0.717, 1.165) is 18.7 Å². The van der Waals surface area contributed by atoms with E-state index in [1.807, 2.05) is 6.07 Å². The standard InChI is InChI=1S/C20H25N3O3S/c1-26-18-8-10-19(11-9-18)27(24,25)23-20-12-7-17(15-22-20)21-14-13-16-5-3-2-4-6-16/h5,7-12,15,21H,2-4,6,13-14H2,1H3,(H,22,23). The molecule has 0 saturated carbocycles. The van der Waals surface area contributed by atoms with E-state index in [2.05, 4.69) is 21.1 Å². The fourth-order valence-corrected chi connectivity index (χ4v) is 4.02. The summed E-state index contributed by atoms with van der Waals surface area (Å²) < 4.78 is 32.4. The number of hydrogen-bond acceptors (Lipinski definition) is 5. The first-order chi connectivity index (χ1) is 13.1. The van der Waals surface area contributed by atoms with E-state index >= 15 is 0 Å². The molecule has 2 N–H and O–H groups in total. The minimum absolute atomic E-state index is 0.160. The summed E-state index contributed by atoms with van der Waals surface area (Å²) in [4.78, 5) is 4.36. The van der Waals surface area contributed by atoms with Crippen LogP contribution in [-0.2, 0) is 10.0 Å². The first-order valence-corrected chi connectivity index (χ1v) is 10.6. The Hall–Kier alpha value is -2.54. The molecule has 1 aliphatic carbocycles. The fraction of sp³-hybridized carbons (Fsp3) is 0.350. The Balaban J connectivity index is 1.55. The van der Waals surface area contributed by atoms with Crippen LogP contribution in [0, 0.1) is 0 Å². The molecule has 1 heterocycles. The highest BCUT2D eigenvalue weighted by Crippen LogP contribution is 2.21. The maximum atomic E-state index is 12.4. The van der Waals surface area contributed by atoms with Gasteiger partial charge in [-0.05, 0) is 68.5 Å². The van der Waals surface area contributed by atoms with Gasteiger partial charge in [-0.3, -0.25) is 4.72 Å². The molecule has 0 spiro atoms. The van der Waals surface area contributed by atoms with E-state index in [1.54, 1.807) is 24.4 Å². The molecule has 7 heteroatoms. The van der Waals surface area contributed by atoms with Gasteiger partial charge in [0.25, 0.3) is 10.0 Å². The van der Waals surface area contributed by atoms with Crippen LogP contribution >= 0.6 is 0 Å². The average molecular weight is 388 g/mol. The lowest BCUT2D eigenvalue weighted by molar-refractivity contribution is 0.414. The van der Waals surface area contributed by atoms with Gasteiger partial charge >= 0.3 is 0 Å². The Bertz CT molecular complexity index is 876. The van der Waals surface area contributed by atoms with Crippen LogP contribution in [0.15, 0.2) is 59.1 Å². The smallest absolute Gasteiger partial charge is 0.263 e. The molecular weight excluding hydrogens is 362 g/mol. The van der Waals surface area contributed by atoms with Crippen molar-refractivity contribution in [2.45, 2.75) is 37.0 Å². The molecule has 0 fully saturated rings. The van der Waals surface area contributed by atoms with Crippen LogP contribution in [0.4, 0.5) is 11.5 Å². The van der Waals surface area contributed by atoms with Crippen LogP contribution < -0.4 is 14.8 Å². The van der Waals surface area contributed by atoms with Gasteiger partial charge in [0.1, 0.15) is 11.6 Å². The van der Waals surface area contributed by atoms with E-state index in [4.69, 9.17) is 4.74 Å². The van der Waals surface area contributed by atoms with Gasteiger partial charge < -0.3 is 10.1 Å². The van der Waals surface area contributed by atoms with Gasteiger partial charge in [0.05, 0.1) is 23.9 Å². The third kappa shape index (κ3) is 5.47. The number of nitrogens with zero attached hydrogens (tertiary/aromatic N) is 1. The van der Waals surface area contributed by atoms with Gasteiger partial charge in [-0.25, -0.2) is 13.4 Å². The highest BCUT2D eigenvalue weighted by atomic mass is 32.2. The van der Waals surface area contributed by atoms with Gasteiger partial charge in [-0.1, -0.05) is 11.6 Å². The summed E-state index contributed by atoms with van der Waals surface area (Å²) in [6.07, 6.45) is 10.0. The first kappa shape index (κ1) is 19.2. The molecule has 0 saturated heterocycles. The summed E-state index contributed by atoms with van der Waals surface area (Å²) in [6.45, 7) is 0.852. The quantitative estimate of drug-likeness (QED) is 0.664. The predicted octanol–water partition coefficient (Wildman–Crippen LogP) is 4.19. The molecule has 0 radical (unpaired) electrons.